The summed E-state index contributed by atoms with van der Waals surface area (Å²) in [6, 6.07) is 5.70. The number of hydrogen-bond donors (Lipinski definition) is 1. The van der Waals surface area contributed by atoms with Gasteiger partial charge in [-0.25, -0.2) is 0 Å². The van der Waals surface area contributed by atoms with Gasteiger partial charge in [0.2, 0.25) is 0 Å². The number of aliphatic hydroxyl groups is 1. The molecule has 0 saturated carbocycles. The fourth-order valence-electron chi connectivity index (χ4n) is 1.98. The lowest BCUT2D eigenvalue weighted by atomic mass is 9.92. The van der Waals surface area contributed by atoms with Crippen molar-refractivity contribution in [1.29, 1.82) is 0 Å². The Morgan fingerprint density at radius 3 is 2.47 bits per heavy atom. The van der Waals surface area contributed by atoms with E-state index in [0.717, 1.165) is 5.56 Å². The predicted molar refractivity (Wildman–Crippen MR) is 76.6 cm³/mol. The number of hydrogen-bond acceptors (Lipinski definition) is 3. The summed E-state index contributed by atoms with van der Waals surface area (Å²) >= 11 is 0. The molecule has 0 bridgehead atoms. The minimum absolute atomic E-state index is 0.568. The Hall–Kier alpha value is -1.66. The van der Waals surface area contributed by atoms with Gasteiger partial charge in [-0.1, -0.05) is 6.07 Å². The van der Waals surface area contributed by atoms with Gasteiger partial charge in [0, 0.05) is 12.8 Å². The van der Waals surface area contributed by atoms with E-state index in [1.165, 1.54) is 0 Å². The van der Waals surface area contributed by atoms with Crippen molar-refractivity contribution in [3.8, 4) is 23.3 Å². The molecule has 1 aromatic rings. The summed E-state index contributed by atoms with van der Waals surface area (Å²) in [7, 11) is 3.22. The molecule has 0 fully saturated rings. The lowest BCUT2D eigenvalue weighted by Crippen LogP contribution is -2.26. The van der Waals surface area contributed by atoms with Crippen LogP contribution in [0.1, 0.15) is 32.3 Å². The molecule has 1 atom stereocenters. The van der Waals surface area contributed by atoms with Gasteiger partial charge in [-0.05, 0) is 38.0 Å². The molecule has 104 valence electrons. The zero-order chi connectivity index (χ0) is 14.3. The second-order valence-electron chi connectivity index (χ2n) is 4.79. The first-order valence-electron chi connectivity index (χ1n) is 6.35. The quantitative estimate of drug-likeness (QED) is 0.801. The Bertz CT molecular complexity index is 467. The average Bonchev–Trinajstić information content (AvgIpc) is 2.38. The molecule has 3 nitrogen and oxygen atoms in total. The van der Waals surface area contributed by atoms with E-state index in [1.54, 1.807) is 14.2 Å². The normalized spacial score (nSPS) is 13.1. The maximum Gasteiger partial charge on any atom is 0.160 e. The third-order valence-electron chi connectivity index (χ3n) is 3.00. The van der Waals surface area contributed by atoms with E-state index in [2.05, 4.69) is 11.8 Å². The van der Waals surface area contributed by atoms with Crippen LogP contribution in [-0.2, 0) is 6.42 Å². The highest BCUT2D eigenvalue weighted by Crippen LogP contribution is 2.29. The Kier molecular flexibility index (Phi) is 5.72. The van der Waals surface area contributed by atoms with Crippen LogP contribution >= 0.6 is 0 Å². The topological polar surface area (TPSA) is 38.7 Å². The van der Waals surface area contributed by atoms with Gasteiger partial charge < -0.3 is 14.6 Å². The van der Waals surface area contributed by atoms with E-state index < -0.39 is 5.60 Å². The minimum atomic E-state index is -0.760. The highest BCUT2D eigenvalue weighted by molar-refractivity contribution is 5.43. The van der Waals surface area contributed by atoms with Gasteiger partial charge in [-0.2, -0.15) is 0 Å². The lowest BCUT2D eigenvalue weighted by molar-refractivity contribution is 0.0528. The largest absolute Gasteiger partial charge is 0.493 e. The van der Waals surface area contributed by atoms with Crippen LogP contribution in [0.4, 0.5) is 0 Å². The molecule has 1 aromatic carbocycles. The maximum atomic E-state index is 10.3. The first kappa shape index (κ1) is 15.4. The van der Waals surface area contributed by atoms with E-state index in [9.17, 15) is 5.11 Å². The molecule has 0 saturated heterocycles. The monoisotopic (exact) mass is 262 g/mol. The van der Waals surface area contributed by atoms with Gasteiger partial charge in [-0.15, -0.1) is 11.8 Å². The average molecular weight is 262 g/mol. The zero-order valence-electron chi connectivity index (χ0n) is 12.1. The molecular formula is C16H22O3. The first-order chi connectivity index (χ1) is 9.02. The van der Waals surface area contributed by atoms with Crippen molar-refractivity contribution in [3.63, 3.8) is 0 Å². The second kappa shape index (κ2) is 7.06. The SMILES string of the molecule is CC#CCCC(C)(O)Cc1ccc(OC)c(OC)c1. The van der Waals surface area contributed by atoms with Crippen LogP contribution in [0.5, 0.6) is 11.5 Å². The van der Waals surface area contributed by atoms with Crippen molar-refractivity contribution in [2.45, 2.75) is 38.7 Å². The van der Waals surface area contributed by atoms with Gasteiger partial charge in [0.25, 0.3) is 0 Å². The van der Waals surface area contributed by atoms with Gasteiger partial charge in [0.05, 0.1) is 19.8 Å². The fraction of sp³-hybridized carbons (Fsp3) is 0.500. The molecule has 1 unspecified atom stereocenters. The summed E-state index contributed by atoms with van der Waals surface area (Å²) in [5.74, 6) is 7.20. The van der Waals surface area contributed by atoms with Crippen molar-refractivity contribution in [2.24, 2.45) is 0 Å². The molecule has 0 heterocycles. The van der Waals surface area contributed by atoms with Crippen LogP contribution in [0, 0.1) is 11.8 Å². The van der Waals surface area contributed by atoms with Crippen LogP contribution in [0.3, 0.4) is 0 Å². The van der Waals surface area contributed by atoms with Gasteiger partial charge in [0.15, 0.2) is 11.5 Å². The molecule has 1 N–H and O–H groups in total. The molecule has 0 amide bonds. The fourth-order valence-corrected chi connectivity index (χ4v) is 1.98. The van der Waals surface area contributed by atoms with Crippen molar-refractivity contribution in [3.05, 3.63) is 23.8 Å². The lowest BCUT2D eigenvalue weighted by Gasteiger charge is -2.22. The van der Waals surface area contributed by atoms with Crippen LogP contribution in [0.15, 0.2) is 18.2 Å². The van der Waals surface area contributed by atoms with Gasteiger partial charge in [-0.3, -0.25) is 0 Å². The summed E-state index contributed by atoms with van der Waals surface area (Å²) in [6.07, 6.45) is 1.93. The van der Waals surface area contributed by atoms with Gasteiger partial charge >= 0.3 is 0 Å². The molecule has 0 spiro atoms. The summed E-state index contributed by atoms with van der Waals surface area (Å²) < 4.78 is 10.5. The number of methoxy groups -OCH3 is 2. The van der Waals surface area contributed by atoms with Crippen LogP contribution in [0.25, 0.3) is 0 Å². The number of rotatable bonds is 6. The van der Waals surface area contributed by atoms with Crippen LogP contribution < -0.4 is 9.47 Å². The third kappa shape index (κ3) is 4.84. The third-order valence-corrected chi connectivity index (χ3v) is 3.00. The molecule has 1 rings (SSSR count). The minimum Gasteiger partial charge on any atom is -0.493 e. The molecule has 0 radical (unpaired) electrons. The highest BCUT2D eigenvalue weighted by Gasteiger charge is 2.20. The van der Waals surface area contributed by atoms with Crippen molar-refractivity contribution in [2.75, 3.05) is 14.2 Å². The van der Waals surface area contributed by atoms with E-state index >= 15 is 0 Å². The second-order valence-corrected chi connectivity index (χ2v) is 4.79. The van der Waals surface area contributed by atoms with E-state index in [-0.39, 0.29) is 0 Å². The van der Waals surface area contributed by atoms with E-state index in [1.807, 2.05) is 32.0 Å². The first-order valence-corrected chi connectivity index (χ1v) is 6.35. The Balaban J connectivity index is 2.77. The summed E-state index contributed by atoms with van der Waals surface area (Å²) in [4.78, 5) is 0. The van der Waals surface area contributed by atoms with E-state index in [4.69, 9.17) is 9.47 Å². The zero-order valence-corrected chi connectivity index (χ0v) is 12.1. The molecule has 3 heteroatoms. The molecule has 19 heavy (non-hydrogen) atoms. The van der Waals surface area contributed by atoms with Crippen LogP contribution in [0.2, 0.25) is 0 Å². The van der Waals surface area contributed by atoms with Crippen LogP contribution in [-0.4, -0.2) is 24.9 Å². The molecule has 0 aromatic heterocycles. The standard InChI is InChI=1S/C16H22O3/c1-5-6-7-10-16(2,17)12-13-8-9-14(18-3)15(11-13)19-4/h8-9,11,17H,7,10,12H2,1-4H3. The Morgan fingerprint density at radius 2 is 1.89 bits per heavy atom. The molecule has 0 aliphatic carbocycles. The predicted octanol–water partition coefficient (Wildman–Crippen LogP) is 2.80. The number of benzene rings is 1. The van der Waals surface area contributed by atoms with Crippen molar-refractivity contribution >= 4 is 0 Å². The van der Waals surface area contributed by atoms with E-state index in [0.29, 0.717) is 30.8 Å². The number of ether oxygens (including phenoxy) is 2. The Morgan fingerprint density at radius 1 is 1.21 bits per heavy atom. The maximum absolute atomic E-state index is 10.3. The summed E-state index contributed by atoms with van der Waals surface area (Å²) in [5.41, 5.74) is 0.260. The summed E-state index contributed by atoms with van der Waals surface area (Å²) in [5, 5.41) is 10.3. The van der Waals surface area contributed by atoms with Crippen molar-refractivity contribution < 1.29 is 14.6 Å². The summed E-state index contributed by atoms with van der Waals surface area (Å²) in [6.45, 7) is 3.64. The molecule has 0 aliphatic heterocycles. The molecule has 0 aliphatic rings. The highest BCUT2D eigenvalue weighted by atomic mass is 16.5. The smallest absolute Gasteiger partial charge is 0.160 e. The van der Waals surface area contributed by atoms with Crippen molar-refractivity contribution in [1.82, 2.24) is 0 Å². The van der Waals surface area contributed by atoms with Gasteiger partial charge in [0.1, 0.15) is 0 Å². The molecular weight excluding hydrogens is 240 g/mol. The Labute approximate surface area is 115 Å².